The average Bonchev–Trinajstić information content (AvgIpc) is 3.50. The van der Waals surface area contributed by atoms with Crippen molar-refractivity contribution < 1.29 is 29.0 Å². The molecule has 3 aromatic carbocycles. The Morgan fingerprint density at radius 3 is 2.46 bits per heavy atom. The Balaban J connectivity index is 1.42. The van der Waals surface area contributed by atoms with E-state index in [0.717, 1.165) is 41.1 Å². The molecule has 0 aliphatic carbocycles. The molecule has 1 spiro atoms. The van der Waals surface area contributed by atoms with Gasteiger partial charge in [-0.15, -0.1) is 0 Å². The number of fused-ring (bicyclic) bond motifs is 2. The van der Waals surface area contributed by atoms with Gasteiger partial charge in [-0.2, -0.15) is 0 Å². The van der Waals surface area contributed by atoms with E-state index < -0.39 is 19.8 Å². The summed E-state index contributed by atoms with van der Waals surface area (Å²) in [7, 11) is 0.964. The van der Waals surface area contributed by atoms with Crippen LogP contribution in [0.25, 0.3) is 0 Å². The predicted octanol–water partition coefficient (Wildman–Crippen LogP) is 4.82. The Bertz CT molecular complexity index is 1660. The number of aliphatic hydroxyl groups excluding tert-OH is 1. The van der Waals surface area contributed by atoms with Crippen molar-refractivity contribution in [3.8, 4) is 5.75 Å². The summed E-state index contributed by atoms with van der Waals surface area (Å²) in [5, 5.41) is 11.1. The van der Waals surface area contributed by atoms with Crippen LogP contribution in [0.4, 0.5) is 11.4 Å². The molecule has 1 N–H and O–H groups in total. The Labute approximate surface area is 284 Å². The van der Waals surface area contributed by atoms with E-state index >= 15 is 0 Å². The minimum absolute atomic E-state index is 0.0762. The molecule has 0 unspecified atom stereocenters. The third-order valence-electron chi connectivity index (χ3n) is 10.9. The Morgan fingerprint density at radius 1 is 1.06 bits per heavy atom. The molecule has 3 aliphatic heterocycles. The number of carbonyl (C=O) groups excluding carboxylic acids is 3. The van der Waals surface area contributed by atoms with Crippen molar-refractivity contribution in [2.75, 3.05) is 43.7 Å². The minimum Gasteiger partial charge on any atom is -0.497 e. The number of likely N-dealkylation sites (N-methyl/N-ethyl adjacent to an activating group) is 1. The molecule has 4 atom stereocenters. The topological polar surface area (TPSA) is 99.6 Å². The van der Waals surface area contributed by atoms with E-state index in [4.69, 9.17) is 9.47 Å². The lowest BCUT2D eigenvalue weighted by Gasteiger charge is -2.37. The van der Waals surface area contributed by atoms with Crippen LogP contribution in [-0.4, -0.2) is 75.8 Å². The SMILES string of the molecule is COc1ccc([Si](C)(C)[C@H]2[C@H](CC(=O)N(CCO)Cc3ccccc3)O[C@@]3(C(=O)N(C)c4ccc(N5CCCCC5=O)cc43)[C@@H]2C)cc1. The standard InChI is InChI=1S/C38H47N3O6Si/c1-26-36(48(4,5)30-17-15-29(46-3)16-18-30)33(24-35(44)40(21-22-42)25-27-11-7-6-8-12-27)47-38(26)31-23-28(41-20-10-9-13-34(41)43)14-19-32(31)39(2)37(38)45/h6-8,11-12,14-19,23,26,33,36,42H,9-10,13,20-22,24-25H2,1-5H3/t26-,33+,36-,38+/m1/s1. The quantitative estimate of drug-likeness (QED) is 0.311. The molecule has 0 radical (unpaired) electrons. The molecule has 9 nitrogen and oxygen atoms in total. The van der Waals surface area contributed by atoms with Crippen LogP contribution in [0.1, 0.15) is 43.7 Å². The van der Waals surface area contributed by atoms with Crippen LogP contribution < -0.4 is 19.7 Å². The number of anilines is 2. The van der Waals surface area contributed by atoms with Gasteiger partial charge in [0.1, 0.15) is 5.75 Å². The number of rotatable bonds is 10. The number of hydrogen-bond acceptors (Lipinski definition) is 6. The van der Waals surface area contributed by atoms with E-state index in [1.54, 1.807) is 24.0 Å². The number of piperidine rings is 1. The second kappa shape index (κ2) is 13.5. The average molecular weight is 670 g/mol. The van der Waals surface area contributed by atoms with Gasteiger partial charge in [0.25, 0.3) is 5.91 Å². The van der Waals surface area contributed by atoms with E-state index in [1.807, 2.05) is 65.6 Å². The zero-order chi connectivity index (χ0) is 34.2. The Morgan fingerprint density at radius 2 is 1.79 bits per heavy atom. The summed E-state index contributed by atoms with van der Waals surface area (Å²) in [6.07, 6.45) is 1.84. The molecule has 3 aliphatic rings. The number of hydrogen-bond donors (Lipinski definition) is 1. The van der Waals surface area contributed by atoms with Crippen molar-refractivity contribution in [3.05, 3.63) is 83.9 Å². The number of nitrogens with zero attached hydrogens (tertiary/aromatic N) is 3. The first-order chi connectivity index (χ1) is 23.0. The Kier molecular flexibility index (Phi) is 9.52. The fraction of sp³-hybridized carbons (Fsp3) is 0.447. The van der Waals surface area contributed by atoms with Gasteiger partial charge in [-0.05, 0) is 54.3 Å². The molecule has 2 saturated heterocycles. The van der Waals surface area contributed by atoms with Gasteiger partial charge in [0.05, 0.1) is 40.0 Å². The maximum absolute atomic E-state index is 14.5. The molecule has 3 aromatic rings. The van der Waals surface area contributed by atoms with Crippen molar-refractivity contribution in [1.82, 2.24) is 4.90 Å². The minimum atomic E-state index is -2.46. The van der Waals surface area contributed by atoms with Crippen LogP contribution in [0, 0.1) is 5.92 Å². The first kappa shape index (κ1) is 33.9. The van der Waals surface area contributed by atoms with Gasteiger partial charge in [-0.1, -0.05) is 67.7 Å². The van der Waals surface area contributed by atoms with Crippen molar-refractivity contribution in [2.45, 2.75) is 69.5 Å². The highest BCUT2D eigenvalue weighted by Crippen LogP contribution is 2.60. The number of benzene rings is 3. The van der Waals surface area contributed by atoms with E-state index in [1.165, 1.54) is 5.19 Å². The molecule has 0 bridgehead atoms. The number of amides is 3. The lowest BCUT2D eigenvalue weighted by molar-refractivity contribution is -0.149. The van der Waals surface area contributed by atoms with Gasteiger partial charge in [0, 0.05) is 50.3 Å². The number of carbonyl (C=O) groups is 3. The van der Waals surface area contributed by atoms with E-state index in [2.05, 4.69) is 32.2 Å². The monoisotopic (exact) mass is 669 g/mol. The zero-order valence-corrected chi connectivity index (χ0v) is 29.6. The van der Waals surface area contributed by atoms with Gasteiger partial charge < -0.3 is 29.3 Å². The van der Waals surface area contributed by atoms with Crippen LogP contribution in [0.15, 0.2) is 72.8 Å². The van der Waals surface area contributed by atoms with Gasteiger partial charge in [0.15, 0.2) is 5.60 Å². The van der Waals surface area contributed by atoms with Crippen LogP contribution in [0.3, 0.4) is 0 Å². The number of aliphatic hydroxyl groups is 1. The fourth-order valence-corrected chi connectivity index (χ4v) is 12.4. The molecule has 3 heterocycles. The summed E-state index contributed by atoms with van der Waals surface area (Å²) in [5.74, 6) is 0.305. The summed E-state index contributed by atoms with van der Waals surface area (Å²) in [6, 6.07) is 23.7. The zero-order valence-electron chi connectivity index (χ0n) is 28.6. The number of ether oxygens (including phenoxy) is 2. The third kappa shape index (κ3) is 5.84. The van der Waals surface area contributed by atoms with Crippen LogP contribution in [0.5, 0.6) is 5.75 Å². The van der Waals surface area contributed by atoms with Gasteiger partial charge >= 0.3 is 0 Å². The first-order valence-corrected chi connectivity index (χ1v) is 20.1. The molecule has 10 heteroatoms. The lowest BCUT2D eigenvalue weighted by Crippen LogP contribution is -2.52. The molecule has 254 valence electrons. The van der Waals surface area contributed by atoms with Crippen LogP contribution in [0.2, 0.25) is 18.6 Å². The molecule has 0 saturated carbocycles. The van der Waals surface area contributed by atoms with Gasteiger partial charge in [-0.3, -0.25) is 14.4 Å². The fourth-order valence-electron chi connectivity index (χ4n) is 8.37. The molecular weight excluding hydrogens is 623 g/mol. The highest BCUT2D eigenvalue weighted by molar-refractivity contribution is 6.91. The summed E-state index contributed by atoms with van der Waals surface area (Å²) in [5.41, 5.74) is 1.84. The summed E-state index contributed by atoms with van der Waals surface area (Å²) >= 11 is 0. The molecule has 0 aromatic heterocycles. The molecule has 48 heavy (non-hydrogen) atoms. The second-order valence-corrected chi connectivity index (χ2v) is 18.6. The lowest BCUT2D eigenvalue weighted by atomic mass is 9.82. The third-order valence-corrected chi connectivity index (χ3v) is 15.3. The maximum Gasteiger partial charge on any atom is 0.264 e. The van der Waals surface area contributed by atoms with Crippen molar-refractivity contribution in [3.63, 3.8) is 0 Å². The normalized spacial score (nSPS) is 23.9. The van der Waals surface area contributed by atoms with E-state index in [-0.39, 0.29) is 48.8 Å². The van der Waals surface area contributed by atoms with E-state index in [9.17, 15) is 19.5 Å². The highest BCUT2D eigenvalue weighted by atomic mass is 28.3. The molecule has 3 amide bonds. The smallest absolute Gasteiger partial charge is 0.264 e. The Hall–Kier alpha value is -3.99. The molecule has 2 fully saturated rings. The van der Waals surface area contributed by atoms with Crippen molar-refractivity contribution in [1.29, 1.82) is 0 Å². The van der Waals surface area contributed by atoms with Crippen LogP contribution in [-0.2, 0) is 31.3 Å². The highest BCUT2D eigenvalue weighted by Gasteiger charge is 2.66. The number of methoxy groups -OCH3 is 1. The van der Waals surface area contributed by atoms with Gasteiger partial charge in [0.2, 0.25) is 11.8 Å². The maximum atomic E-state index is 14.5. The predicted molar refractivity (Wildman–Crippen MR) is 189 cm³/mol. The summed E-state index contributed by atoms with van der Waals surface area (Å²) in [6.45, 7) is 7.73. The largest absolute Gasteiger partial charge is 0.497 e. The molecular formula is C38H47N3O6Si. The summed E-state index contributed by atoms with van der Waals surface area (Å²) < 4.78 is 12.6. The van der Waals surface area contributed by atoms with E-state index in [0.29, 0.717) is 19.5 Å². The van der Waals surface area contributed by atoms with Gasteiger partial charge in [-0.25, -0.2) is 0 Å². The van der Waals surface area contributed by atoms with Crippen molar-refractivity contribution >= 4 is 42.4 Å². The first-order valence-electron chi connectivity index (χ1n) is 17.0. The second-order valence-electron chi connectivity index (χ2n) is 14.0. The van der Waals surface area contributed by atoms with Crippen molar-refractivity contribution in [2.24, 2.45) is 5.92 Å². The molecule has 6 rings (SSSR count). The summed E-state index contributed by atoms with van der Waals surface area (Å²) in [4.78, 5) is 46.9. The van der Waals surface area contributed by atoms with Crippen LogP contribution >= 0.6 is 0 Å².